The number of amides is 1. The van der Waals surface area contributed by atoms with Crippen molar-refractivity contribution >= 4 is 5.91 Å². The zero-order valence-corrected chi connectivity index (χ0v) is 7.46. The van der Waals surface area contributed by atoms with Gasteiger partial charge in [-0.15, -0.1) is 0 Å². The largest absolute Gasteiger partial charge is 0.394 e. The number of carbonyl (C=O) groups excluding carboxylic acids is 1. The molecule has 88 valence electrons. The van der Waals surface area contributed by atoms with Gasteiger partial charge in [0, 0.05) is 5.57 Å². The normalized spacial score (nSPS) is 12.8. The van der Waals surface area contributed by atoms with E-state index in [1.54, 1.807) is 0 Å². The summed E-state index contributed by atoms with van der Waals surface area (Å²) >= 11 is 0. The summed E-state index contributed by atoms with van der Waals surface area (Å²) in [5.74, 6) is -7.25. The van der Waals surface area contributed by atoms with Gasteiger partial charge in [0.15, 0.2) is 0 Å². The lowest BCUT2D eigenvalue weighted by molar-refractivity contribution is -0.273. The SMILES string of the molecule is C=C(C)C(=O)NC(F)(F)C(F)(F)C(F)F. The third-order valence-electron chi connectivity index (χ3n) is 1.35. The number of hydrogen-bond acceptors (Lipinski definition) is 1. The van der Waals surface area contributed by atoms with E-state index in [4.69, 9.17) is 0 Å². The maximum atomic E-state index is 12.5. The molecule has 0 saturated heterocycles. The predicted octanol–water partition coefficient (Wildman–Crippen LogP) is 2.17. The van der Waals surface area contributed by atoms with E-state index in [0.717, 1.165) is 6.92 Å². The molecule has 15 heavy (non-hydrogen) atoms. The molecule has 0 radical (unpaired) electrons. The van der Waals surface area contributed by atoms with Crippen molar-refractivity contribution < 1.29 is 31.1 Å². The van der Waals surface area contributed by atoms with Gasteiger partial charge in [-0.25, -0.2) is 8.78 Å². The number of hydrogen-bond donors (Lipinski definition) is 1. The van der Waals surface area contributed by atoms with Crippen molar-refractivity contribution in [3.8, 4) is 0 Å². The Balaban J connectivity index is 4.83. The van der Waals surface area contributed by atoms with E-state index in [2.05, 4.69) is 6.58 Å². The van der Waals surface area contributed by atoms with Gasteiger partial charge in [-0.3, -0.25) is 10.1 Å². The van der Waals surface area contributed by atoms with Gasteiger partial charge in [0.1, 0.15) is 0 Å². The Morgan fingerprint density at radius 3 is 1.93 bits per heavy atom. The summed E-state index contributed by atoms with van der Waals surface area (Å²) in [5.41, 5.74) is -0.500. The Kier molecular flexibility index (Phi) is 3.78. The van der Waals surface area contributed by atoms with Crippen LogP contribution in [0.15, 0.2) is 12.2 Å². The molecular weight excluding hydrogens is 228 g/mol. The fourth-order valence-electron chi connectivity index (χ4n) is 0.470. The Labute approximate surface area is 80.9 Å². The zero-order chi connectivity index (χ0) is 12.4. The lowest BCUT2D eigenvalue weighted by Crippen LogP contribution is -2.57. The molecule has 0 fully saturated rings. The van der Waals surface area contributed by atoms with E-state index in [-0.39, 0.29) is 0 Å². The topological polar surface area (TPSA) is 29.1 Å². The molecule has 0 aliphatic carbocycles. The van der Waals surface area contributed by atoms with E-state index < -0.39 is 29.9 Å². The molecule has 8 heteroatoms. The van der Waals surface area contributed by atoms with Crippen molar-refractivity contribution in [1.29, 1.82) is 0 Å². The molecule has 0 rings (SSSR count). The van der Waals surface area contributed by atoms with E-state index in [0.29, 0.717) is 5.32 Å². The van der Waals surface area contributed by atoms with Gasteiger partial charge in [0.25, 0.3) is 5.91 Å². The Morgan fingerprint density at radius 1 is 1.27 bits per heavy atom. The van der Waals surface area contributed by atoms with Crippen LogP contribution in [0.2, 0.25) is 0 Å². The van der Waals surface area contributed by atoms with Crippen LogP contribution in [0.4, 0.5) is 26.3 Å². The van der Waals surface area contributed by atoms with E-state index >= 15 is 0 Å². The molecule has 0 spiro atoms. The first-order valence-corrected chi connectivity index (χ1v) is 3.54. The quantitative estimate of drug-likeness (QED) is 0.451. The highest BCUT2D eigenvalue weighted by Gasteiger charge is 2.64. The summed E-state index contributed by atoms with van der Waals surface area (Å²) in [6.45, 7) is 3.85. The summed E-state index contributed by atoms with van der Waals surface area (Å²) in [6, 6.07) is -5.32. The van der Waals surface area contributed by atoms with Crippen LogP contribution in [0.3, 0.4) is 0 Å². The van der Waals surface area contributed by atoms with Crippen LogP contribution < -0.4 is 5.32 Å². The summed E-state index contributed by atoms with van der Waals surface area (Å²) in [4.78, 5) is 10.6. The number of rotatable bonds is 4. The maximum Gasteiger partial charge on any atom is 0.394 e. The molecular formula is C7H7F6NO. The summed E-state index contributed by atoms with van der Waals surface area (Å²) in [7, 11) is 0. The molecule has 0 aliphatic rings. The highest BCUT2D eigenvalue weighted by Crippen LogP contribution is 2.37. The fraction of sp³-hybridized carbons (Fsp3) is 0.571. The van der Waals surface area contributed by atoms with Crippen LogP contribution >= 0.6 is 0 Å². The van der Waals surface area contributed by atoms with Gasteiger partial charge in [-0.1, -0.05) is 6.58 Å². The number of carbonyl (C=O) groups is 1. The Hall–Kier alpha value is -1.21. The highest BCUT2D eigenvalue weighted by molar-refractivity contribution is 5.92. The van der Waals surface area contributed by atoms with Crippen LogP contribution in [0, 0.1) is 0 Å². The third-order valence-corrected chi connectivity index (χ3v) is 1.35. The minimum absolute atomic E-state index is 0.476. The Bertz CT molecular complexity index is 275. The van der Waals surface area contributed by atoms with Crippen LogP contribution in [0.1, 0.15) is 6.92 Å². The van der Waals surface area contributed by atoms with Crippen LogP contribution in [0.25, 0.3) is 0 Å². The first-order valence-electron chi connectivity index (χ1n) is 3.54. The first kappa shape index (κ1) is 13.8. The Morgan fingerprint density at radius 2 is 1.67 bits per heavy atom. The molecule has 0 unspecified atom stereocenters. The smallest absolute Gasteiger partial charge is 0.288 e. The van der Waals surface area contributed by atoms with Gasteiger partial charge in [-0.2, -0.15) is 17.6 Å². The second kappa shape index (κ2) is 4.11. The predicted molar refractivity (Wildman–Crippen MR) is 38.9 cm³/mol. The molecule has 2 nitrogen and oxygen atoms in total. The van der Waals surface area contributed by atoms with Crippen molar-refractivity contribution in [1.82, 2.24) is 5.32 Å². The monoisotopic (exact) mass is 235 g/mol. The highest BCUT2D eigenvalue weighted by atomic mass is 19.3. The van der Waals surface area contributed by atoms with Crippen LogP contribution in [-0.4, -0.2) is 24.3 Å². The number of nitrogens with one attached hydrogen (secondary N) is 1. The molecule has 0 saturated carbocycles. The molecule has 1 amide bonds. The molecule has 0 aliphatic heterocycles. The summed E-state index contributed by atoms with van der Waals surface area (Å²) in [6.07, 6.45) is -4.59. The standard InChI is InChI=1S/C7H7F6NO/c1-3(2)4(15)14-7(12,13)6(10,11)5(8)9/h5H,1H2,2H3,(H,14,15). The molecule has 0 aromatic carbocycles. The molecule has 0 aromatic rings. The average molecular weight is 235 g/mol. The first-order chi connectivity index (χ1) is 6.52. The van der Waals surface area contributed by atoms with Gasteiger partial charge in [0.05, 0.1) is 0 Å². The molecule has 1 N–H and O–H groups in total. The van der Waals surface area contributed by atoms with Gasteiger partial charge < -0.3 is 0 Å². The molecule has 0 atom stereocenters. The van der Waals surface area contributed by atoms with Crippen LogP contribution in [0.5, 0.6) is 0 Å². The van der Waals surface area contributed by atoms with Gasteiger partial charge in [0.2, 0.25) is 0 Å². The second-order valence-electron chi connectivity index (χ2n) is 2.73. The summed E-state index contributed by atoms with van der Waals surface area (Å²) in [5, 5.41) is 0.476. The lowest BCUT2D eigenvalue weighted by Gasteiger charge is -2.26. The lowest BCUT2D eigenvalue weighted by atomic mass is 10.2. The van der Waals surface area contributed by atoms with Crippen molar-refractivity contribution in [2.24, 2.45) is 0 Å². The van der Waals surface area contributed by atoms with Crippen molar-refractivity contribution in [3.63, 3.8) is 0 Å². The molecule has 0 heterocycles. The van der Waals surface area contributed by atoms with Crippen molar-refractivity contribution in [3.05, 3.63) is 12.2 Å². The van der Waals surface area contributed by atoms with E-state index in [1.807, 2.05) is 0 Å². The van der Waals surface area contributed by atoms with Gasteiger partial charge >= 0.3 is 18.4 Å². The zero-order valence-electron chi connectivity index (χ0n) is 7.46. The number of halogens is 6. The minimum atomic E-state index is -5.63. The third kappa shape index (κ3) is 2.87. The van der Waals surface area contributed by atoms with E-state index in [1.165, 1.54) is 0 Å². The summed E-state index contributed by atoms with van der Waals surface area (Å²) < 4.78 is 72.4. The van der Waals surface area contributed by atoms with E-state index in [9.17, 15) is 31.1 Å². The van der Waals surface area contributed by atoms with Crippen molar-refractivity contribution in [2.75, 3.05) is 0 Å². The minimum Gasteiger partial charge on any atom is -0.288 e. The fourth-order valence-corrected chi connectivity index (χ4v) is 0.470. The average Bonchev–Trinajstić information content (AvgIpc) is 2.02. The second-order valence-corrected chi connectivity index (χ2v) is 2.73. The van der Waals surface area contributed by atoms with Gasteiger partial charge in [-0.05, 0) is 6.92 Å². The molecule has 0 bridgehead atoms. The van der Waals surface area contributed by atoms with Crippen LogP contribution in [-0.2, 0) is 4.79 Å². The van der Waals surface area contributed by atoms with Crippen molar-refractivity contribution in [2.45, 2.75) is 25.3 Å². The maximum absolute atomic E-state index is 12.5. The molecule has 0 aromatic heterocycles. The number of alkyl halides is 6.